The van der Waals surface area contributed by atoms with Crippen molar-refractivity contribution in [1.82, 2.24) is 9.72 Å². The predicted octanol–water partition coefficient (Wildman–Crippen LogP) is 3.70. The topological polar surface area (TPSA) is 42.4 Å². The maximum Gasteiger partial charge on any atom is 0.337 e. The summed E-state index contributed by atoms with van der Waals surface area (Å²) in [7, 11) is 0. The highest BCUT2D eigenvalue weighted by molar-refractivity contribution is 9.11. The Kier molecular flexibility index (Phi) is 4.43. The van der Waals surface area contributed by atoms with E-state index in [1.54, 1.807) is 0 Å². The highest BCUT2D eigenvalue weighted by Crippen LogP contribution is 2.34. The molecule has 0 atom stereocenters. The minimum Gasteiger partial charge on any atom is -0.484 e. The summed E-state index contributed by atoms with van der Waals surface area (Å²) < 4.78 is 33.9. The van der Waals surface area contributed by atoms with Crippen LogP contribution in [0, 0.1) is 0 Å². The molecule has 4 nitrogen and oxygen atoms in total. The van der Waals surface area contributed by atoms with Crippen LogP contribution in [0.1, 0.15) is 16.1 Å². The minimum absolute atomic E-state index is 0.0270. The molecule has 1 aromatic heterocycles. The third-order valence-corrected chi connectivity index (χ3v) is 3.61. The fraction of sp³-hybridized carbons (Fsp3) is 0.0909. The van der Waals surface area contributed by atoms with Crippen molar-refractivity contribution in [2.24, 2.45) is 0 Å². The number of hydrogen-bond donors (Lipinski definition) is 0. The van der Waals surface area contributed by atoms with Gasteiger partial charge >= 0.3 is 5.91 Å². The van der Waals surface area contributed by atoms with E-state index in [4.69, 9.17) is 4.74 Å². The Morgan fingerprint density at radius 3 is 2.68 bits per heavy atom. The highest BCUT2D eigenvalue weighted by Gasteiger charge is 2.26. The van der Waals surface area contributed by atoms with Crippen molar-refractivity contribution < 1.29 is 18.5 Å². The molecule has 8 heteroatoms. The number of aromatic nitrogens is 1. The summed E-state index contributed by atoms with van der Waals surface area (Å²) in [4.78, 5) is 11.2. The van der Waals surface area contributed by atoms with Gasteiger partial charge in [-0.2, -0.15) is 4.37 Å². The van der Waals surface area contributed by atoms with Crippen molar-refractivity contribution >= 4 is 33.4 Å². The van der Waals surface area contributed by atoms with Gasteiger partial charge < -0.3 is 4.74 Å². The van der Waals surface area contributed by atoms with Crippen LogP contribution in [0.5, 0.6) is 5.75 Å². The van der Waals surface area contributed by atoms with Crippen LogP contribution in [-0.4, -0.2) is 15.6 Å². The van der Waals surface area contributed by atoms with Gasteiger partial charge in [0.25, 0.3) is 0 Å². The molecule has 0 aliphatic rings. The van der Waals surface area contributed by atoms with Gasteiger partial charge in [-0.15, -0.1) is 0 Å². The number of benzene rings is 1. The number of carbonyl (C=O) groups excluding carboxylic acids is 1. The molecule has 0 saturated heterocycles. The van der Waals surface area contributed by atoms with Gasteiger partial charge in [0.05, 0.1) is 0 Å². The van der Waals surface area contributed by atoms with Crippen LogP contribution in [0.2, 0.25) is 0 Å². The van der Waals surface area contributed by atoms with Crippen LogP contribution < -0.4 is 4.74 Å². The number of nitrogens with zero attached hydrogens (tertiary/aromatic N) is 2. The lowest BCUT2D eigenvalue weighted by atomic mass is 10.2. The Balaban J connectivity index is 2.16. The first-order chi connectivity index (χ1) is 9.09. The highest BCUT2D eigenvalue weighted by atomic mass is 79.9. The average molecular weight is 349 g/mol. The zero-order valence-corrected chi connectivity index (χ0v) is 11.7. The van der Waals surface area contributed by atoms with Gasteiger partial charge in [-0.1, -0.05) is 39.3 Å². The Bertz CT molecular complexity index is 577. The number of ether oxygens (including phenoxy) is 1. The molecule has 1 aromatic carbocycles. The molecule has 19 heavy (non-hydrogen) atoms. The van der Waals surface area contributed by atoms with E-state index in [2.05, 4.69) is 20.3 Å². The van der Waals surface area contributed by atoms with Gasteiger partial charge in [0.15, 0.2) is 11.4 Å². The molecule has 0 fully saturated rings. The monoisotopic (exact) mass is 348 g/mol. The fourth-order valence-corrected chi connectivity index (χ4v) is 2.42. The minimum atomic E-state index is -1.52. The lowest BCUT2D eigenvalue weighted by molar-refractivity contribution is -0.109. The molecule has 100 valence electrons. The second-order valence-electron chi connectivity index (χ2n) is 3.45. The molecule has 0 radical (unpaired) electrons. The van der Waals surface area contributed by atoms with Gasteiger partial charge in [0.1, 0.15) is 10.4 Å². The van der Waals surface area contributed by atoms with E-state index in [9.17, 15) is 13.8 Å². The number of halogens is 3. The second kappa shape index (κ2) is 6.07. The van der Waals surface area contributed by atoms with E-state index in [1.165, 1.54) is 0 Å². The SMILES string of the molecule is O=C(c1nsc(Br)c1OCc1ccccc1)N(F)F. The molecule has 0 saturated carbocycles. The molecule has 2 aromatic rings. The quantitative estimate of drug-likeness (QED) is 0.791. The molecule has 2 rings (SSSR count). The first kappa shape index (κ1) is 13.9. The van der Waals surface area contributed by atoms with Crippen molar-refractivity contribution in [3.8, 4) is 5.75 Å². The lowest BCUT2D eigenvalue weighted by Crippen LogP contribution is -2.15. The first-order valence-corrected chi connectivity index (χ1v) is 6.64. The summed E-state index contributed by atoms with van der Waals surface area (Å²) in [6.07, 6.45) is 0. The van der Waals surface area contributed by atoms with E-state index < -0.39 is 16.9 Å². The van der Waals surface area contributed by atoms with Crippen LogP contribution in [0.25, 0.3) is 0 Å². The van der Waals surface area contributed by atoms with E-state index in [0.29, 0.717) is 3.79 Å². The van der Waals surface area contributed by atoms with Crippen LogP contribution >= 0.6 is 27.5 Å². The van der Waals surface area contributed by atoms with Gasteiger partial charge in [-0.25, -0.2) is 0 Å². The van der Waals surface area contributed by atoms with Gasteiger partial charge in [0.2, 0.25) is 0 Å². The molecule has 0 bridgehead atoms. The van der Waals surface area contributed by atoms with Crippen molar-refractivity contribution in [1.29, 1.82) is 0 Å². The second-order valence-corrected chi connectivity index (χ2v) is 5.54. The smallest absolute Gasteiger partial charge is 0.337 e. The van der Waals surface area contributed by atoms with Crippen molar-refractivity contribution in [3.05, 3.63) is 45.4 Å². The third-order valence-electron chi connectivity index (χ3n) is 2.19. The Morgan fingerprint density at radius 2 is 2.05 bits per heavy atom. The van der Waals surface area contributed by atoms with E-state index >= 15 is 0 Å². The molecule has 0 aliphatic carbocycles. The zero-order valence-electron chi connectivity index (χ0n) is 9.35. The van der Waals surface area contributed by atoms with Crippen molar-refractivity contribution in [2.75, 3.05) is 0 Å². The van der Waals surface area contributed by atoms with Crippen LogP contribution in [0.15, 0.2) is 34.1 Å². The maximum absolute atomic E-state index is 12.2. The van der Waals surface area contributed by atoms with Crippen LogP contribution in [0.4, 0.5) is 8.96 Å². The number of hydrogen-bond acceptors (Lipinski definition) is 4. The van der Waals surface area contributed by atoms with Crippen molar-refractivity contribution in [3.63, 3.8) is 0 Å². The largest absolute Gasteiger partial charge is 0.484 e. The zero-order chi connectivity index (χ0) is 13.8. The summed E-state index contributed by atoms with van der Waals surface area (Å²) in [6, 6.07) is 9.16. The Labute approximate surface area is 119 Å². The number of amides is 1. The molecule has 0 N–H and O–H groups in total. The molecule has 0 unspecified atom stereocenters. The first-order valence-electron chi connectivity index (χ1n) is 5.07. The average Bonchev–Trinajstić information content (AvgIpc) is 2.78. The summed E-state index contributed by atoms with van der Waals surface area (Å²) in [5.41, 5.74) is 0.453. The molecule has 0 spiro atoms. The standard InChI is InChI=1S/C11H7BrF2N2O2S/c12-10-9(8(15-19-10)11(17)16(13)14)18-6-7-4-2-1-3-5-7/h1-5H,6H2. The van der Waals surface area contributed by atoms with Gasteiger partial charge in [0, 0.05) is 5.34 Å². The molecular weight excluding hydrogens is 342 g/mol. The summed E-state index contributed by atoms with van der Waals surface area (Å²) >= 11 is 4.00. The lowest BCUT2D eigenvalue weighted by Gasteiger charge is -2.06. The van der Waals surface area contributed by atoms with E-state index in [1.807, 2.05) is 30.3 Å². The summed E-state index contributed by atoms with van der Waals surface area (Å²) in [5, 5.41) is -1.52. The van der Waals surface area contributed by atoms with Gasteiger partial charge in [-0.3, -0.25) is 4.79 Å². The van der Waals surface area contributed by atoms with Crippen LogP contribution in [0.3, 0.4) is 0 Å². The summed E-state index contributed by atoms with van der Waals surface area (Å²) in [5.74, 6) is -1.47. The fourth-order valence-electron chi connectivity index (χ4n) is 1.33. The number of rotatable bonds is 4. The molecule has 0 aliphatic heterocycles. The summed E-state index contributed by atoms with van der Waals surface area (Å²) in [6.45, 7) is 0.163. The van der Waals surface area contributed by atoms with Gasteiger partial charge in [-0.05, 0) is 33.0 Å². The predicted molar refractivity (Wildman–Crippen MR) is 69.0 cm³/mol. The van der Waals surface area contributed by atoms with Crippen LogP contribution in [-0.2, 0) is 6.61 Å². The maximum atomic E-state index is 12.2. The number of carbonyl (C=O) groups is 1. The van der Waals surface area contributed by atoms with E-state index in [0.717, 1.165) is 17.1 Å². The van der Waals surface area contributed by atoms with E-state index in [-0.39, 0.29) is 12.4 Å². The normalized spacial score (nSPS) is 10.3. The Hall–Kier alpha value is -1.54. The Morgan fingerprint density at radius 1 is 1.37 bits per heavy atom. The molecular formula is C11H7BrF2N2O2S. The molecule has 1 amide bonds. The molecule has 1 heterocycles. The third kappa shape index (κ3) is 3.27. The van der Waals surface area contributed by atoms with Crippen molar-refractivity contribution in [2.45, 2.75) is 6.61 Å².